The number of nitrogens with zero attached hydrogens (tertiary/aromatic N) is 2. The van der Waals surface area contributed by atoms with Gasteiger partial charge in [0.25, 0.3) is 0 Å². The molecule has 0 radical (unpaired) electrons. The Kier molecular flexibility index (Phi) is 6.51. The normalized spacial score (nSPS) is 20.2. The van der Waals surface area contributed by atoms with Crippen molar-refractivity contribution in [2.45, 2.75) is 6.92 Å². The van der Waals surface area contributed by atoms with Crippen molar-refractivity contribution in [2.24, 2.45) is 9.26 Å². The van der Waals surface area contributed by atoms with Gasteiger partial charge in [-0.3, -0.25) is 9.31 Å². The lowest BCUT2D eigenvalue weighted by Crippen LogP contribution is -1.85. The highest BCUT2D eigenvalue weighted by molar-refractivity contribution is 8.46. The van der Waals surface area contributed by atoms with E-state index in [-0.39, 0.29) is 0 Å². The van der Waals surface area contributed by atoms with E-state index in [1.807, 2.05) is 0 Å². The fourth-order valence-electron chi connectivity index (χ4n) is 0.654. The Morgan fingerprint density at radius 2 is 1.73 bits per heavy atom. The highest BCUT2D eigenvalue weighted by Gasteiger charge is 2.34. The third-order valence-electron chi connectivity index (χ3n) is 1.54. The van der Waals surface area contributed by atoms with Crippen LogP contribution in [0.4, 0.5) is 0 Å². The van der Waals surface area contributed by atoms with E-state index in [0.29, 0.717) is 6.61 Å². The van der Waals surface area contributed by atoms with Crippen molar-refractivity contribution < 1.29 is 9.09 Å². The van der Waals surface area contributed by atoms with Crippen LogP contribution in [0.2, 0.25) is 0 Å². The highest BCUT2D eigenvalue weighted by Crippen LogP contribution is 2.87. The van der Waals surface area contributed by atoms with Gasteiger partial charge in [-0.25, -0.2) is 4.52 Å². The summed E-state index contributed by atoms with van der Waals surface area (Å²) in [5.41, 5.74) is 0. The summed E-state index contributed by atoms with van der Waals surface area (Å²) in [6.45, 7) is 5.06. The summed E-state index contributed by atoms with van der Waals surface area (Å²) < 4.78 is 24.9. The summed E-state index contributed by atoms with van der Waals surface area (Å²) in [6.07, 6.45) is -2.68. The Bertz CT molecular complexity index is 372. The summed E-state index contributed by atoms with van der Waals surface area (Å²) in [5.74, 6) is -2.81. The van der Waals surface area contributed by atoms with Gasteiger partial charge in [-0.2, -0.15) is 0 Å². The van der Waals surface area contributed by atoms with Crippen molar-refractivity contribution in [3.8, 4) is 0 Å². The maximum absolute atomic E-state index is 12.1. The summed E-state index contributed by atoms with van der Waals surface area (Å²) in [4.78, 5) is 0. The molecular weight excluding hydrogens is 319 g/mol. The predicted octanol–water partition coefficient (Wildman–Crippen LogP) is 5.88. The van der Waals surface area contributed by atoms with Crippen LogP contribution < -0.4 is 0 Å². The smallest absolute Gasteiger partial charge is 0.249 e. The summed E-state index contributed by atoms with van der Waals surface area (Å²) in [5, 5.41) is 0. The van der Waals surface area contributed by atoms with E-state index in [4.69, 9.17) is 38.2 Å². The number of hydrogen-bond acceptors (Lipinski definition) is 3. The van der Waals surface area contributed by atoms with E-state index in [1.54, 1.807) is 13.6 Å². The first-order valence-corrected chi connectivity index (χ1v) is 13.4. The lowest BCUT2D eigenvalue weighted by Gasteiger charge is -2.21. The van der Waals surface area contributed by atoms with E-state index in [1.165, 1.54) is 13.7 Å². The molecule has 0 aliphatic carbocycles. The van der Waals surface area contributed by atoms with Gasteiger partial charge in [-0.15, -0.1) is 0 Å². The molecule has 0 heterocycles. The number of hydrogen-bond donors (Lipinski definition) is 0. The monoisotopic (exact) mass is 332 g/mol. The lowest BCUT2D eigenvalue weighted by molar-refractivity contribution is 0.349. The van der Waals surface area contributed by atoms with Gasteiger partial charge in [0.15, 0.2) is 0 Å². The topological polar surface area (TPSA) is 51.0 Å². The average molecular weight is 333 g/mol. The second-order valence-electron chi connectivity index (χ2n) is 2.78. The number of rotatable bonds is 4. The Morgan fingerprint density at radius 1 is 1.27 bits per heavy atom. The first-order valence-electron chi connectivity index (χ1n) is 4.01. The van der Waals surface area contributed by atoms with Crippen LogP contribution in [-0.4, -0.2) is 27.0 Å². The molecule has 0 aliphatic rings. The van der Waals surface area contributed by atoms with Gasteiger partial charge in [0.2, 0.25) is 13.0 Å². The molecule has 0 aromatic rings. The van der Waals surface area contributed by atoms with Crippen LogP contribution in [-0.2, 0) is 9.09 Å². The van der Waals surface area contributed by atoms with Gasteiger partial charge in [0.05, 0.1) is 6.61 Å². The van der Waals surface area contributed by atoms with E-state index in [9.17, 15) is 4.57 Å². The Balaban J connectivity index is 5.42. The second kappa shape index (κ2) is 5.91. The third kappa shape index (κ3) is 5.13. The zero-order valence-electron chi connectivity index (χ0n) is 8.89. The maximum Gasteiger partial charge on any atom is 0.249 e. The molecule has 10 heteroatoms. The Morgan fingerprint density at radius 3 is 2.07 bits per heavy atom. The number of halogens is 3. The van der Waals surface area contributed by atoms with Crippen LogP contribution in [0.3, 0.4) is 0 Å². The molecule has 0 aromatic carbocycles. The average Bonchev–Trinajstić information content (AvgIpc) is 2.02. The van der Waals surface area contributed by atoms with Crippen LogP contribution in [0.1, 0.15) is 6.92 Å². The van der Waals surface area contributed by atoms with Crippen LogP contribution in [0, 0.1) is 0 Å². The van der Waals surface area contributed by atoms with Gasteiger partial charge in [0.1, 0.15) is 6.10 Å². The lowest BCUT2D eigenvalue weighted by atomic mass is 10.9. The first kappa shape index (κ1) is 16.5. The maximum atomic E-state index is 12.1. The van der Waals surface area contributed by atoms with Crippen molar-refractivity contribution in [1.29, 1.82) is 0 Å². The van der Waals surface area contributed by atoms with Gasteiger partial charge >= 0.3 is 0 Å². The van der Waals surface area contributed by atoms with Crippen LogP contribution in [0.15, 0.2) is 9.26 Å². The van der Waals surface area contributed by atoms with Gasteiger partial charge in [0, 0.05) is 13.7 Å². The SMILES string of the molecule is CCOP(C)(=O)P(C)(Cl)=NP(Cl)(Cl)=NC. The Hall–Kier alpha value is 1.52. The van der Waals surface area contributed by atoms with Gasteiger partial charge in [-0.1, -0.05) is 11.2 Å². The van der Waals surface area contributed by atoms with E-state index in [2.05, 4.69) is 9.26 Å². The van der Waals surface area contributed by atoms with Crippen LogP contribution in [0.25, 0.3) is 0 Å². The molecule has 4 nitrogen and oxygen atoms in total. The molecule has 0 saturated heterocycles. The second-order valence-corrected chi connectivity index (χ2v) is 18.8. The molecule has 0 aromatic heterocycles. The fourth-order valence-corrected chi connectivity index (χ4v) is 12.3. The van der Waals surface area contributed by atoms with Crippen LogP contribution in [0.5, 0.6) is 0 Å². The van der Waals surface area contributed by atoms with E-state index in [0.717, 1.165) is 0 Å². The quantitative estimate of drug-likeness (QED) is 0.603. The van der Waals surface area contributed by atoms with Crippen molar-refractivity contribution >= 4 is 52.8 Å². The molecular formula is C5H14Cl3N2O2P3. The minimum absolute atomic E-state index is 0.310. The van der Waals surface area contributed by atoms with Crippen molar-refractivity contribution in [3.63, 3.8) is 0 Å². The molecule has 0 rings (SSSR count). The molecule has 0 saturated carbocycles. The summed E-state index contributed by atoms with van der Waals surface area (Å²) >= 11 is 17.8. The summed E-state index contributed by atoms with van der Waals surface area (Å²) in [6, 6.07) is 0. The fraction of sp³-hybridized carbons (Fsp3) is 1.00. The molecule has 0 aliphatic heterocycles. The largest absolute Gasteiger partial charge is 0.324 e. The highest BCUT2D eigenvalue weighted by atomic mass is 35.9. The minimum Gasteiger partial charge on any atom is -0.324 e. The van der Waals surface area contributed by atoms with E-state index < -0.39 is 19.1 Å². The molecule has 2 unspecified atom stereocenters. The molecule has 2 atom stereocenters. The molecule has 15 heavy (non-hydrogen) atoms. The van der Waals surface area contributed by atoms with E-state index >= 15 is 0 Å². The molecule has 0 bridgehead atoms. The van der Waals surface area contributed by atoms with Gasteiger partial charge < -0.3 is 4.52 Å². The molecule has 0 amide bonds. The minimum atomic E-state index is -3.00. The predicted molar refractivity (Wildman–Crippen MR) is 73.3 cm³/mol. The summed E-state index contributed by atoms with van der Waals surface area (Å²) in [7, 11) is -1.54. The van der Waals surface area contributed by atoms with Crippen molar-refractivity contribution in [1.82, 2.24) is 0 Å². The molecule has 0 N–H and O–H groups in total. The first-order chi connectivity index (χ1) is 6.58. The zero-order valence-corrected chi connectivity index (χ0v) is 13.8. The molecule has 0 spiro atoms. The molecule has 0 fully saturated rings. The zero-order chi connectivity index (χ0) is 12.3. The Labute approximate surface area is 105 Å². The standard InChI is InChI=1S/C5H14Cl3N2O2P3/c1-5-12-14(4,11)13(3,6)10-15(7,8)9-2/h5H2,1-4H3. The van der Waals surface area contributed by atoms with Gasteiger partial charge in [-0.05, 0) is 36.1 Å². The molecule has 92 valence electrons. The van der Waals surface area contributed by atoms with Crippen molar-refractivity contribution in [3.05, 3.63) is 0 Å². The van der Waals surface area contributed by atoms with Crippen LogP contribution >= 0.6 is 52.8 Å². The third-order valence-corrected chi connectivity index (χ3v) is 16.5. The van der Waals surface area contributed by atoms with Crippen molar-refractivity contribution in [2.75, 3.05) is 27.0 Å².